The molecule has 1 aliphatic heterocycles. The van der Waals surface area contributed by atoms with Crippen LogP contribution in [-0.4, -0.2) is 36.8 Å². The Morgan fingerprint density at radius 3 is 2.78 bits per heavy atom. The van der Waals surface area contributed by atoms with Gasteiger partial charge in [0.1, 0.15) is 5.75 Å². The number of nitrogens with zero attached hydrogens (tertiary/aromatic N) is 2. The van der Waals surface area contributed by atoms with Crippen LogP contribution in [0, 0.1) is 5.92 Å². The second kappa shape index (κ2) is 7.66. The fourth-order valence-electron chi connectivity index (χ4n) is 3.43. The number of para-hydroxylation sites is 1. The summed E-state index contributed by atoms with van der Waals surface area (Å²) in [6.07, 6.45) is 3.29. The fraction of sp³-hybridized carbons (Fsp3) is 0.474. The van der Waals surface area contributed by atoms with Gasteiger partial charge in [-0.1, -0.05) is 18.2 Å². The molecule has 3 rings (SSSR count). The van der Waals surface area contributed by atoms with Crippen LogP contribution in [0.15, 0.2) is 42.6 Å². The topological polar surface area (TPSA) is 26.6 Å². The molecule has 0 radical (unpaired) electrons. The van der Waals surface area contributed by atoms with Gasteiger partial charge in [-0.15, -0.1) is 0 Å². The highest BCUT2D eigenvalue weighted by Crippen LogP contribution is 2.24. The Hall–Kier alpha value is -1.78. The van der Waals surface area contributed by atoms with Gasteiger partial charge < -0.3 is 14.0 Å². The summed E-state index contributed by atoms with van der Waals surface area (Å²) in [6.45, 7) is 4.88. The monoisotopic (exact) mass is 314 g/mol. The van der Waals surface area contributed by atoms with E-state index in [9.17, 15) is 0 Å². The molecule has 23 heavy (non-hydrogen) atoms. The number of hydrogen-bond donors (Lipinski definition) is 0. The minimum Gasteiger partial charge on any atom is -0.496 e. The van der Waals surface area contributed by atoms with Crippen LogP contribution in [0.2, 0.25) is 0 Å². The van der Waals surface area contributed by atoms with Gasteiger partial charge in [0.2, 0.25) is 0 Å². The summed E-state index contributed by atoms with van der Waals surface area (Å²) < 4.78 is 13.2. The summed E-state index contributed by atoms with van der Waals surface area (Å²) in [6, 6.07) is 12.7. The SMILES string of the molecule is COCC[C@@H]1CN(Cc2ccccc2OC)Cc2cccn2C1. The van der Waals surface area contributed by atoms with E-state index in [4.69, 9.17) is 9.47 Å². The highest BCUT2D eigenvalue weighted by molar-refractivity contribution is 5.33. The van der Waals surface area contributed by atoms with Gasteiger partial charge in [0.25, 0.3) is 0 Å². The molecule has 4 heteroatoms. The number of benzene rings is 1. The Balaban J connectivity index is 1.77. The first kappa shape index (κ1) is 16.1. The molecular formula is C19H26N2O2. The van der Waals surface area contributed by atoms with Crippen LogP contribution in [-0.2, 0) is 24.4 Å². The molecule has 1 atom stereocenters. The standard InChI is InChI=1S/C19H26N2O2/c1-22-11-9-16-12-20(15-18-7-5-10-21(18)13-16)14-17-6-3-4-8-19(17)23-2/h3-8,10,16H,9,11-15H2,1-2H3/t16-/m1/s1. The van der Waals surface area contributed by atoms with Crippen molar-refractivity contribution in [1.82, 2.24) is 9.47 Å². The van der Waals surface area contributed by atoms with Crippen LogP contribution < -0.4 is 4.74 Å². The molecule has 4 nitrogen and oxygen atoms in total. The Bertz CT molecular complexity index is 623. The molecule has 0 amide bonds. The number of fused-ring (bicyclic) bond motifs is 1. The van der Waals surface area contributed by atoms with E-state index in [0.29, 0.717) is 5.92 Å². The molecule has 1 aromatic carbocycles. The second-order valence-electron chi connectivity index (χ2n) is 6.28. The molecule has 0 spiro atoms. The van der Waals surface area contributed by atoms with Gasteiger partial charge >= 0.3 is 0 Å². The van der Waals surface area contributed by atoms with Crippen LogP contribution in [0.3, 0.4) is 0 Å². The van der Waals surface area contributed by atoms with E-state index >= 15 is 0 Å². The van der Waals surface area contributed by atoms with Crippen molar-refractivity contribution in [1.29, 1.82) is 0 Å². The maximum absolute atomic E-state index is 5.51. The normalized spacial score (nSPS) is 18.4. The lowest BCUT2D eigenvalue weighted by molar-refractivity contribution is 0.151. The average molecular weight is 314 g/mol. The average Bonchev–Trinajstić information content (AvgIpc) is 2.93. The molecule has 1 aromatic heterocycles. The first-order valence-electron chi connectivity index (χ1n) is 8.27. The predicted octanol–water partition coefficient (Wildman–Crippen LogP) is 3.17. The van der Waals surface area contributed by atoms with Gasteiger partial charge in [-0.25, -0.2) is 0 Å². The number of ether oxygens (including phenoxy) is 2. The van der Waals surface area contributed by atoms with Crippen molar-refractivity contribution in [2.75, 3.05) is 27.4 Å². The number of aromatic nitrogens is 1. The zero-order valence-corrected chi connectivity index (χ0v) is 14.1. The third-order valence-electron chi connectivity index (χ3n) is 4.60. The molecule has 0 bridgehead atoms. The van der Waals surface area contributed by atoms with Crippen molar-refractivity contribution in [2.45, 2.75) is 26.1 Å². The van der Waals surface area contributed by atoms with Crippen molar-refractivity contribution in [3.63, 3.8) is 0 Å². The quantitative estimate of drug-likeness (QED) is 0.819. The molecule has 2 heterocycles. The maximum atomic E-state index is 5.51. The van der Waals surface area contributed by atoms with E-state index < -0.39 is 0 Å². The molecule has 0 fully saturated rings. The van der Waals surface area contributed by atoms with E-state index in [1.54, 1.807) is 14.2 Å². The van der Waals surface area contributed by atoms with Crippen molar-refractivity contribution < 1.29 is 9.47 Å². The zero-order chi connectivity index (χ0) is 16.1. The summed E-state index contributed by atoms with van der Waals surface area (Å²) in [5, 5.41) is 0. The lowest BCUT2D eigenvalue weighted by Crippen LogP contribution is -2.28. The van der Waals surface area contributed by atoms with Gasteiger partial charge in [0, 0.05) is 57.3 Å². The Morgan fingerprint density at radius 1 is 1.09 bits per heavy atom. The third kappa shape index (κ3) is 3.95. The lowest BCUT2D eigenvalue weighted by atomic mass is 10.1. The molecule has 0 saturated heterocycles. The smallest absolute Gasteiger partial charge is 0.123 e. The first-order valence-corrected chi connectivity index (χ1v) is 8.27. The maximum Gasteiger partial charge on any atom is 0.123 e. The van der Waals surface area contributed by atoms with Crippen molar-refractivity contribution >= 4 is 0 Å². The fourth-order valence-corrected chi connectivity index (χ4v) is 3.43. The molecular weight excluding hydrogens is 288 g/mol. The molecule has 1 aliphatic rings. The van der Waals surface area contributed by atoms with Crippen molar-refractivity contribution in [3.05, 3.63) is 53.9 Å². The Morgan fingerprint density at radius 2 is 1.96 bits per heavy atom. The summed E-state index contributed by atoms with van der Waals surface area (Å²) in [4.78, 5) is 2.52. The number of hydrogen-bond acceptors (Lipinski definition) is 3. The zero-order valence-electron chi connectivity index (χ0n) is 14.1. The van der Waals surface area contributed by atoms with Crippen LogP contribution in [0.1, 0.15) is 17.7 Å². The third-order valence-corrected chi connectivity index (χ3v) is 4.60. The molecule has 0 N–H and O–H groups in total. The largest absolute Gasteiger partial charge is 0.496 e. The van der Waals surface area contributed by atoms with Gasteiger partial charge in [-0.2, -0.15) is 0 Å². The molecule has 0 saturated carbocycles. The molecule has 124 valence electrons. The summed E-state index contributed by atoms with van der Waals surface area (Å²) in [7, 11) is 3.53. The summed E-state index contributed by atoms with van der Waals surface area (Å²) in [5.74, 6) is 1.58. The highest BCUT2D eigenvalue weighted by atomic mass is 16.5. The van der Waals surface area contributed by atoms with Crippen LogP contribution in [0.5, 0.6) is 5.75 Å². The minimum absolute atomic E-state index is 0.610. The number of rotatable bonds is 6. The van der Waals surface area contributed by atoms with Gasteiger partial charge in [-0.3, -0.25) is 4.90 Å². The molecule has 0 aliphatic carbocycles. The first-order chi connectivity index (χ1) is 11.3. The van der Waals surface area contributed by atoms with Crippen molar-refractivity contribution in [3.8, 4) is 5.75 Å². The van der Waals surface area contributed by atoms with E-state index in [0.717, 1.165) is 45.0 Å². The minimum atomic E-state index is 0.610. The van der Waals surface area contributed by atoms with Crippen molar-refractivity contribution in [2.24, 2.45) is 5.92 Å². The van der Waals surface area contributed by atoms with Gasteiger partial charge in [0.15, 0.2) is 0 Å². The second-order valence-corrected chi connectivity index (χ2v) is 6.28. The molecule has 2 aromatic rings. The lowest BCUT2D eigenvalue weighted by Gasteiger charge is -2.24. The van der Waals surface area contributed by atoms with Crippen LogP contribution >= 0.6 is 0 Å². The highest BCUT2D eigenvalue weighted by Gasteiger charge is 2.22. The summed E-state index contributed by atoms with van der Waals surface area (Å²) in [5.41, 5.74) is 2.64. The van der Waals surface area contributed by atoms with Gasteiger partial charge in [0.05, 0.1) is 7.11 Å². The Labute approximate surface area is 138 Å². The molecule has 0 unspecified atom stereocenters. The van der Waals surface area contributed by atoms with E-state index in [1.165, 1.54) is 11.3 Å². The van der Waals surface area contributed by atoms with E-state index in [-0.39, 0.29) is 0 Å². The number of methoxy groups -OCH3 is 2. The van der Waals surface area contributed by atoms with Gasteiger partial charge in [-0.05, 0) is 30.5 Å². The van der Waals surface area contributed by atoms with E-state index in [2.05, 4.69) is 39.9 Å². The predicted molar refractivity (Wildman–Crippen MR) is 91.5 cm³/mol. The van der Waals surface area contributed by atoms with Crippen LogP contribution in [0.4, 0.5) is 0 Å². The summed E-state index contributed by atoms with van der Waals surface area (Å²) >= 11 is 0. The Kier molecular flexibility index (Phi) is 5.36. The van der Waals surface area contributed by atoms with Crippen LogP contribution in [0.25, 0.3) is 0 Å². The van der Waals surface area contributed by atoms with E-state index in [1.807, 2.05) is 12.1 Å².